The predicted molar refractivity (Wildman–Crippen MR) is 110 cm³/mol. The summed E-state index contributed by atoms with van der Waals surface area (Å²) in [6, 6.07) is 15.8. The number of nitrogens with zero attached hydrogens (tertiary/aromatic N) is 4. The minimum atomic E-state index is -0.316. The lowest BCUT2D eigenvalue weighted by atomic mass is 10.1. The van der Waals surface area contributed by atoms with Gasteiger partial charge in [0.15, 0.2) is 5.11 Å². The van der Waals surface area contributed by atoms with Gasteiger partial charge in [0.05, 0.1) is 5.69 Å². The zero-order valence-electron chi connectivity index (χ0n) is 15.3. The monoisotopic (exact) mass is 392 g/mol. The predicted octanol–water partition coefficient (Wildman–Crippen LogP) is 3.71. The lowest BCUT2D eigenvalue weighted by Gasteiger charge is -2.11. The summed E-state index contributed by atoms with van der Waals surface area (Å²) in [5.74, 6) is -0.492. The molecule has 2 heterocycles. The first-order valence-corrected chi connectivity index (χ1v) is 9.05. The van der Waals surface area contributed by atoms with Crippen molar-refractivity contribution < 1.29 is 9.18 Å². The molecule has 1 fully saturated rings. The maximum Gasteiger partial charge on any atom is 0.276 e. The highest BCUT2D eigenvalue weighted by molar-refractivity contribution is 7.80. The van der Waals surface area contributed by atoms with Gasteiger partial charge in [0.1, 0.15) is 17.2 Å². The van der Waals surface area contributed by atoms with Crippen molar-refractivity contribution >= 4 is 29.3 Å². The Morgan fingerprint density at radius 2 is 1.68 bits per heavy atom. The summed E-state index contributed by atoms with van der Waals surface area (Å²) >= 11 is 5.28. The van der Waals surface area contributed by atoms with Gasteiger partial charge in [-0.1, -0.05) is 18.2 Å². The first kappa shape index (κ1) is 18.1. The van der Waals surface area contributed by atoms with Crippen LogP contribution in [-0.4, -0.2) is 44.7 Å². The van der Waals surface area contributed by atoms with Gasteiger partial charge < -0.3 is 4.90 Å². The van der Waals surface area contributed by atoms with Gasteiger partial charge in [-0.25, -0.2) is 9.07 Å². The van der Waals surface area contributed by atoms with Crippen molar-refractivity contribution in [2.75, 3.05) is 14.1 Å². The van der Waals surface area contributed by atoms with Crippen LogP contribution in [-0.2, 0) is 4.79 Å². The van der Waals surface area contributed by atoms with Gasteiger partial charge >= 0.3 is 0 Å². The van der Waals surface area contributed by atoms with E-state index >= 15 is 0 Å². The van der Waals surface area contributed by atoms with Crippen LogP contribution in [0.15, 0.2) is 66.5 Å². The van der Waals surface area contributed by atoms with Crippen LogP contribution in [0.25, 0.3) is 23.0 Å². The van der Waals surface area contributed by atoms with Gasteiger partial charge in [-0.3, -0.25) is 9.69 Å². The van der Waals surface area contributed by atoms with Crippen LogP contribution in [0.2, 0.25) is 0 Å². The fourth-order valence-corrected chi connectivity index (χ4v) is 3.26. The maximum atomic E-state index is 13.4. The molecule has 0 saturated carbocycles. The van der Waals surface area contributed by atoms with Crippen LogP contribution >= 0.6 is 12.2 Å². The van der Waals surface area contributed by atoms with E-state index in [0.717, 1.165) is 16.8 Å². The smallest absolute Gasteiger partial charge is 0.276 e. The minimum absolute atomic E-state index is 0.176. The van der Waals surface area contributed by atoms with E-state index in [2.05, 4.69) is 5.10 Å². The number of carbonyl (C=O) groups is 1. The highest BCUT2D eigenvalue weighted by Gasteiger charge is 2.33. The summed E-state index contributed by atoms with van der Waals surface area (Å²) in [4.78, 5) is 15.7. The molecule has 1 aliphatic rings. The molecule has 5 nitrogen and oxygen atoms in total. The normalized spacial score (nSPS) is 15.8. The van der Waals surface area contributed by atoms with Gasteiger partial charge in [-0.15, -0.1) is 0 Å². The Bertz CT molecular complexity index is 1090. The second-order valence-electron chi connectivity index (χ2n) is 6.46. The largest absolute Gasteiger partial charge is 0.317 e. The average Bonchev–Trinajstić information content (AvgIpc) is 3.21. The van der Waals surface area contributed by atoms with Crippen LogP contribution < -0.4 is 0 Å². The topological polar surface area (TPSA) is 41.4 Å². The average molecular weight is 392 g/mol. The van der Waals surface area contributed by atoms with Crippen LogP contribution in [0.4, 0.5) is 4.39 Å². The van der Waals surface area contributed by atoms with Crippen LogP contribution in [0, 0.1) is 5.82 Å². The zero-order valence-corrected chi connectivity index (χ0v) is 16.2. The second-order valence-corrected chi connectivity index (χ2v) is 6.82. The molecule has 3 aromatic rings. The van der Waals surface area contributed by atoms with Crippen molar-refractivity contribution in [2.45, 2.75) is 0 Å². The summed E-state index contributed by atoms with van der Waals surface area (Å²) in [5, 5.41) is 5.12. The Morgan fingerprint density at radius 1 is 1.00 bits per heavy atom. The number of hydrogen-bond donors (Lipinski definition) is 0. The number of benzene rings is 2. The summed E-state index contributed by atoms with van der Waals surface area (Å²) in [6.45, 7) is 0. The summed E-state index contributed by atoms with van der Waals surface area (Å²) < 4.78 is 15.1. The van der Waals surface area contributed by atoms with Gasteiger partial charge in [0.2, 0.25) is 0 Å². The lowest BCUT2D eigenvalue weighted by Crippen LogP contribution is -2.26. The highest BCUT2D eigenvalue weighted by Crippen LogP contribution is 2.28. The van der Waals surface area contributed by atoms with Crippen LogP contribution in [0.5, 0.6) is 0 Å². The molecule has 2 aromatic carbocycles. The van der Waals surface area contributed by atoms with Gasteiger partial charge in [0, 0.05) is 31.4 Å². The molecule has 1 amide bonds. The molecule has 1 saturated heterocycles. The molecule has 4 rings (SSSR count). The maximum absolute atomic E-state index is 13.4. The molecule has 140 valence electrons. The van der Waals surface area contributed by atoms with Gasteiger partial charge in [0.25, 0.3) is 5.91 Å². The molecular formula is C21H17FN4OS. The van der Waals surface area contributed by atoms with E-state index in [1.54, 1.807) is 41.9 Å². The number of para-hydroxylation sites is 1. The van der Waals surface area contributed by atoms with E-state index < -0.39 is 0 Å². The summed E-state index contributed by atoms with van der Waals surface area (Å²) in [5.41, 5.74) is 3.49. The number of rotatable bonds is 3. The third kappa shape index (κ3) is 3.10. The molecule has 1 aromatic heterocycles. The second kappa shape index (κ2) is 7.01. The molecule has 0 atom stereocenters. The van der Waals surface area contributed by atoms with Crippen LogP contribution in [0.3, 0.4) is 0 Å². The Kier molecular flexibility index (Phi) is 4.52. The van der Waals surface area contributed by atoms with Gasteiger partial charge in [-0.2, -0.15) is 5.10 Å². The molecule has 1 aliphatic heterocycles. The van der Waals surface area contributed by atoms with E-state index in [0.29, 0.717) is 16.5 Å². The van der Waals surface area contributed by atoms with E-state index in [4.69, 9.17) is 12.2 Å². The fourth-order valence-electron chi connectivity index (χ4n) is 3.07. The molecular weight excluding hydrogens is 375 g/mol. The van der Waals surface area contributed by atoms with E-state index in [-0.39, 0.29) is 11.7 Å². The molecule has 0 radical (unpaired) electrons. The van der Waals surface area contributed by atoms with Crippen molar-refractivity contribution in [2.24, 2.45) is 0 Å². The molecule has 0 aliphatic carbocycles. The number of hydrogen-bond acceptors (Lipinski definition) is 3. The molecule has 0 bridgehead atoms. The summed E-state index contributed by atoms with van der Waals surface area (Å²) in [6.07, 6.45) is 3.62. The van der Waals surface area contributed by atoms with Crippen molar-refractivity contribution in [3.8, 4) is 16.9 Å². The van der Waals surface area contributed by atoms with Crippen molar-refractivity contribution in [1.29, 1.82) is 0 Å². The molecule has 0 unspecified atom stereocenters. The minimum Gasteiger partial charge on any atom is -0.317 e. The van der Waals surface area contributed by atoms with Crippen molar-refractivity contribution in [3.63, 3.8) is 0 Å². The van der Waals surface area contributed by atoms with E-state index in [9.17, 15) is 9.18 Å². The van der Waals surface area contributed by atoms with Crippen molar-refractivity contribution in [1.82, 2.24) is 19.6 Å². The number of carbonyl (C=O) groups excluding carboxylic acids is 1. The highest BCUT2D eigenvalue weighted by atomic mass is 32.1. The molecule has 28 heavy (non-hydrogen) atoms. The van der Waals surface area contributed by atoms with Gasteiger partial charge in [-0.05, 0) is 54.7 Å². The Morgan fingerprint density at radius 3 is 2.29 bits per heavy atom. The Balaban J connectivity index is 1.87. The first-order chi connectivity index (χ1) is 13.5. The third-order valence-corrected chi connectivity index (χ3v) is 5.18. The number of thiocarbonyl (C=S) groups is 1. The molecule has 0 N–H and O–H groups in total. The number of likely N-dealkylation sites (N-methyl/N-ethyl adjacent to an activating group) is 2. The summed E-state index contributed by atoms with van der Waals surface area (Å²) in [7, 11) is 3.41. The number of amides is 1. The SMILES string of the molecule is CN1C(=O)/C(=C\c2cn(-c3ccccc3)nc2-c2ccc(F)cc2)N(C)C1=S. The van der Waals surface area contributed by atoms with E-state index in [1.165, 1.54) is 17.0 Å². The lowest BCUT2D eigenvalue weighted by molar-refractivity contribution is -0.121. The molecule has 7 heteroatoms. The zero-order chi connectivity index (χ0) is 19.8. The number of halogens is 1. The van der Waals surface area contributed by atoms with Crippen molar-refractivity contribution in [3.05, 3.63) is 77.9 Å². The third-order valence-electron chi connectivity index (χ3n) is 4.63. The first-order valence-electron chi connectivity index (χ1n) is 8.64. The quantitative estimate of drug-likeness (QED) is 0.503. The Labute approximate surface area is 167 Å². The van der Waals surface area contributed by atoms with Crippen LogP contribution in [0.1, 0.15) is 5.56 Å². The molecule has 0 spiro atoms. The number of aromatic nitrogens is 2. The Hall–Kier alpha value is -3.32. The standard InChI is InChI=1S/C21H17FN4OS/c1-24-18(20(27)25(2)21(24)28)12-15-13-26(17-6-4-3-5-7-17)23-19(15)14-8-10-16(22)11-9-14/h3-13H,1-2H3/b18-12+. The van der Waals surface area contributed by atoms with E-state index in [1.807, 2.05) is 36.5 Å². The fraction of sp³-hybridized carbons (Fsp3) is 0.0952.